The number of carbonyl (C=O) groups excluding carboxylic acids is 3. The molecule has 25 heavy (non-hydrogen) atoms. The monoisotopic (exact) mass is 348 g/mol. The molecule has 3 fully saturated rings. The van der Waals surface area contributed by atoms with Gasteiger partial charge in [0.2, 0.25) is 17.7 Å². The molecule has 1 aliphatic heterocycles. The van der Waals surface area contributed by atoms with Gasteiger partial charge in [-0.25, -0.2) is 0 Å². The van der Waals surface area contributed by atoms with Crippen LogP contribution in [0.4, 0.5) is 0 Å². The standard InChI is InChI=1S/C20H32N2O3/c1-12(2)14-9-8-13(3)10-17(14)21-18(23)11-22-19(24)15-6-4-5-7-16(15)20(22)25/h12-17H,4-11H2,1-3H3,(H,21,23)/t13-,14-,15+,16+,17-/m1/s1. The van der Waals surface area contributed by atoms with Crippen LogP contribution in [-0.2, 0) is 14.4 Å². The van der Waals surface area contributed by atoms with Crippen molar-refractivity contribution >= 4 is 17.7 Å². The lowest BCUT2D eigenvalue weighted by Gasteiger charge is -2.38. The number of fused-ring (bicyclic) bond motifs is 1. The molecule has 0 unspecified atom stereocenters. The Labute approximate surface area is 150 Å². The summed E-state index contributed by atoms with van der Waals surface area (Å²) in [5.41, 5.74) is 0. The van der Waals surface area contributed by atoms with Crippen LogP contribution in [0.1, 0.15) is 65.7 Å². The van der Waals surface area contributed by atoms with Crippen molar-refractivity contribution in [2.24, 2.45) is 29.6 Å². The van der Waals surface area contributed by atoms with Crippen molar-refractivity contribution in [1.82, 2.24) is 10.2 Å². The van der Waals surface area contributed by atoms with Crippen LogP contribution in [0, 0.1) is 29.6 Å². The minimum absolute atomic E-state index is 0.0969. The normalized spacial score (nSPS) is 35.8. The van der Waals surface area contributed by atoms with Crippen molar-refractivity contribution < 1.29 is 14.4 Å². The fraction of sp³-hybridized carbons (Fsp3) is 0.850. The van der Waals surface area contributed by atoms with E-state index in [1.807, 2.05) is 0 Å². The quantitative estimate of drug-likeness (QED) is 0.795. The Balaban J connectivity index is 1.61. The number of hydrogen-bond donors (Lipinski definition) is 1. The first-order chi connectivity index (χ1) is 11.9. The second-order valence-electron chi connectivity index (χ2n) is 8.76. The van der Waals surface area contributed by atoms with Crippen molar-refractivity contribution in [3.63, 3.8) is 0 Å². The molecule has 5 heteroatoms. The summed E-state index contributed by atoms with van der Waals surface area (Å²) in [7, 11) is 0. The highest BCUT2D eigenvalue weighted by Gasteiger charge is 2.48. The molecule has 0 aromatic heterocycles. The zero-order valence-electron chi connectivity index (χ0n) is 15.8. The highest BCUT2D eigenvalue weighted by Crippen LogP contribution is 2.38. The Morgan fingerprint density at radius 1 is 1.08 bits per heavy atom. The van der Waals surface area contributed by atoms with Crippen LogP contribution in [-0.4, -0.2) is 35.2 Å². The van der Waals surface area contributed by atoms with Gasteiger partial charge in [-0.15, -0.1) is 0 Å². The zero-order valence-corrected chi connectivity index (χ0v) is 15.8. The van der Waals surface area contributed by atoms with Crippen LogP contribution < -0.4 is 5.32 Å². The maximum atomic E-state index is 12.6. The first-order valence-electron chi connectivity index (χ1n) is 10.0. The SMILES string of the molecule is CC(C)[C@H]1CC[C@@H](C)C[C@H]1NC(=O)CN1C(=O)[C@H]2CCCC[C@@H]2C1=O. The lowest BCUT2D eigenvalue weighted by atomic mass is 9.74. The Bertz CT molecular complexity index is 521. The van der Waals surface area contributed by atoms with Gasteiger partial charge in [-0.2, -0.15) is 0 Å². The van der Waals surface area contributed by atoms with Crippen molar-refractivity contribution in [1.29, 1.82) is 0 Å². The molecule has 2 saturated carbocycles. The fourth-order valence-corrected chi connectivity index (χ4v) is 5.15. The number of amides is 3. The van der Waals surface area contributed by atoms with Crippen LogP contribution in [0.25, 0.3) is 0 Å². The fourth-order valence-electron chi connectivity index (χ4n) is 5.15. The van der Waals surface area contributed by atoms with E-state index in [-0.39, 0.29) is 42.1 Å². The van der Waals surface area contributed by atoms with Crippen molar-refractivity contribution in [2.75, 3.05) is 6.54 Å². The van der Waals surface area contributed by atoms with Crippen molar-refractivity contribution in [3.05, 3.63) is 0 Å². The van der Waals surface area contributed by atoms with E-state index in [0.717, 1.165) is 38.5 Å². The summed E-state index contributed by atoms with van der Waals surface area (Å²) in [6, 6.07) is 0.159. The number of hydrogen-bond acceptors (Lipinski definition) is 3. The second-order valence-corrected chi connectivity index (χ2v) is 8.76. The number of likely N-dealkylation sites (tertiary alicyclic amines) is 1. The molecule has 0 radical (unpaired) electrons. The Hall–Kier alpha value is -1.39. The molecule has 5 atom stereocenters. The zero-order chi connectivity index (χ0) is 18.1. The lowest BCUT2D eigenvalue weighted by molar-refractivity contribution is -0.144. The van der Waals surface area contributed by atoms with Crippen LogP contribution >= 0.6 is 0 Å². The van der Waals surface area contributed by atoms with Gasteiger partial charge in [0.25, 0.3) is 0 Å². The molecule has 1 heterocycles. The molecule has 3 rings (SSSR count). The summed E-state index contributed by atoms with van der Waals surface area (Å²) in [5, 5.41) is 3.14. The third-order valence-corrected chi connectivity index (χ3v) is 6.60. The summed E-state index contributed by atoms with van der Waals surface area (Å²) < 4.78 is 0. The molecule has 0 aromatic carbocycles. The van der Waals surface area contributed by atoms with Gasteiger partial charge >= 0.3 is 0 Å². The predicted molar refractivity (Wildman–Crippen MR) is 95.4 cm³/mol. The van der Waals surface area contributed by atoms with Gasteiger partial charge in [0.15, 0.2) is 0 Å². The highest BCUT2D eigenvalue weighted by molar-refractivity contribution is 6.07. The van der Waals surface area contributed by atoms with Gasteiger partial charge in [-0.1, -0.05) is 40.0 Å². The van der Waals surface area contributed by atoms with Gasteiger partial charge in [0.1, 0.15) is 6.54 Å². The molecule has 1 saturated heterocycles. The smallest absolute Gasteiger partial charge is 0.240 e. The largest absolute Gasteiger partial charge is 0.352 e. The summed E-state index contributed by atoms with van der Waals surface area (Å²) in [5.74, 6) is 0.843. The maximum absolute atomic E-state index is 12.6. The molecule has 140 valence electrons. The van der Waals surface area contributed by atoms with Crippen LogP contribution in [0.2, 0.25) is 0 Å². The minimum atomic E-state index is -0.176. The van der Waals surface area contributed by atoms with Gasteiger partial charge in [-0.3, -0.25) is 19.3 Å². The van der Waals surface area contributed by atoms with Crippen LogP contribution in [0.15, 0.2) is 0 Å². The first kappa shape index (κ1) is 18.4. The summed E-state index contributed by atoms with van der Waals surface area (Å²) in [6.45, 7) is 6.55. The average molecular weight is 348 g/mol. The van der Waals surface area contributed by atoms with Gasteiger partial charge in [0, 0.05) is 6.04 Å². The molecular formula is C20H32N2O3. The molecule has 0 bridgehead atoms. The van der Waals surface area contributed by atoms with E-state index in [1.54, 1.807) is 0 Å². The van der Waals surface area contributed by atoms with E-state index in [1.165, 1.54) is 11.3 Å². The average Bonchev–Trinajstić information content (AvgIpc) is 2.80. The molecule has 3 amide bonds. The number of nitrogens with zero attached hydrogens (tertiary/aromatic N) is 1. The summed E-state index contributed by atoms with van der Waals surface area (Å²) >= 11 is 0. The number of nitrogens with one attached hydrogen (secondary N) is 1. The van der Waals surface area contributed by atoms with Gasteiger partial charge in [-0.05, 0) is 43.4 Å². The Morgan fingerprint density at radius 3 is 2.24 bits per heavy atom. The Morgan fingerprint density at radius 2 is 1.68 bits per heavy atom. The molecule has 0 spiro atoms. The number of carbonyl (C=O) groups is 3. The third kappa shape index (κ3) is 3.75. The molecule has 1 N–H and O–H groups in total. The molecular weight excluding hydrogens is 316 g/mol. The van der Waals surface area contributed by atoms with E-state index in [9.17, 15) is 14.4 Å². The third-order valence-electron chi connectivity index (χ3n) is 6.60. The van der Waals surface area contributed by atoms with E-state index in [0.29, 0.717) is 17.8 Å². The molecule has 3 aliphatic rings. The minimum Gasteiger partial charge on any atom is -0.352 e. The highest BCUT2D eigenvalue weighted by atomic mass is 16.2. The Kier molecular flexibility index (Phi) is 5.49. The van der Waals surface area contributed by atoms with Crippen molar-refractivity contribution in [3.8, 4) is 0 Å². The van der Waals surface area contributed by atoms with E-state index < -0.39 is 0 Å². The first-order valence-corrected chi connectivity index (χ1v) is 10.0. The molecule has 5 nitrogen and oxygen atoms in total. The number of imide groups is 1. The lowest BCUT2D eigenvalue weighted by Crippen LogP contribution is -2.49. The topological polar surface area (TPSA) is 66.5 Å². The van der Waals surface area contributed by atoms with Crippen LogP contribution in [0.5, 0.6) is 0 Å². The van der Waals surface area contributed by atoms with E-state index in [2.05, 4.69) is 26.1 Å². The predicted octanol–water partition coefficient (Wildman–Crippen LogP) is 2.74. The van der Waals surface area contributed by atoms with Gasteiger partial charge in [0.05, 0.1) is 11.8 Å². The van der Waals surface area contributed by atoms with E-state index in [4.69, 9.17) is 0 Å². The summed E-state index contributed by atoms with van der Waals surface area (Å²) in [4.78, 5) is 38.9. The maximum Gasteiger partial charge on any atom is 0.240 e. The summed E-state index contributed by atoms with van der Waals surface area (Å²) in [6.07, 6.45) is 6.94. The second kappa shape index (κ2) is 7.46. The molecule has 2 aliphatic carbocycles. The molecule has 0 aromatic rings. The van der Waals surface area contributed by atoms with Gasteiger partial charge < -0.3 is 5.32 Å². The van der Waals surface area contributed by atoms with Crippen molar-refractivity contribution in [2.45, 2.75) is 71.8 Å². The van der Waals surface area contributed by atoms with E-state index >= 15 is 0 Å². The number of rotatable bonds is 4. The van der Waals surface area contributed by atoms with Crippen LogP contribution in [0.3, 0.4) is 0 Å².